The van der Waals surface area contributed by atoms with Crippen molar-refractivity contribution in [2.75, 3.05) is 13.1 Å². The summed E-state index contributed by atoms with van der Waals surface area (Å²) in [6.45, 7) is 8.56. The number of carbonyl (C=O) groups is 2. The van der Waals surface area contributed by atoms with Crippen molar-refractivity contribution in [3.05, 3.63) is 71.8 Å². The van der Waals surface area contributed by atoms with Crippen LogP contribution in [0.3, 0.4) is 0 Å². The molecule has 0 spiro atoms. The Bertz CT molecular complexity index is 873. The molecule has 7 nitrogen and oxygen atoms in total. The van der Waals surface area contributed by atoms with Gasteiger partial charge < -0.3 is 28.3 Å². The number of nitrogens with two attached hydrogens (primary N) is 4. The molecule has 0 bridgehead atoms. The summed E-state index contributed by atoms with van der Waals surface area (Å²) in [4.78, 5) is 26.6. The first kappa shape index (κ1) is 28.8. The zero-order valence-electron chi connectivity index (χ0n) is 21.5. The Labute approximate surface area is 210 Å². The van der Waals surface area contributed by atoms with Gasteiger partial charge in [-0.2, -0.15) is 0 Å². The standard InChI is InChI=1S/C28H43N5O2/c1-19(2)23(29)25(34)27(31,21-11-7-5-8-12-21)15-17-33-18-16-28(32,22-13-9-6-10-14-22)26(35)24(30)20(3)4/h5-14,19-20,23-24,33H,15-18,29-32H2,1-4H3/t23-,24-,27?,28?/m0/s1. The maximum Gasteiger partial charge on any atom is 0.174 e. The van der Waals surface area contributed by atoms with Gasteiger partial charge in [-0.15, -0.1) is 0 Å². The van der Waals surface area contributed by atoms with Crippen molar-refractivity contribution in [2.24, 2.45) is 34.8 Å². The molecule has 9 N–H and O–H groups in total. The molecule has 4 atom stereocenters. The molecule has 0 aliphatic carbocycles. The van der Waals surface area contributed by atoms with E-state index in [-0.39, 0.29) is 23.4 Å². The van der Waals surface area contributed by atoms with Gasteiger partial charge in [0.2, 0.25) is 0 Å². The first-order valence-corrected chi connectivity index (χ1v) is 12.4. The van der Waals surface area contributed by atoms with Crippen LogP contribution in [0.4, 0.5) is 0 Å². The van der Waals surface area contributed by atoms with Gasteiger partial charge >= 0.3 is 0 Å². The molecule has 2 rings (SSSR count). The fourth-order valence-corrected chi connectivity index (χ4v) is 4.19. The van der Waals surface area contributed by atoms with Crippen LogP contribution in [-0.4, -0.2) is 36.7 Å². The number of Topliss-reactive ketones (excluding diaryl/α,β-unsaturated/α-hetero) is 2. The van der Waals surface area contributed by atoms with E-state index in [1.807, 2.05) is 88.4 Å². The minimum atomic E-state index is -1.22. The number of benzene rings is 2. The van der Waals surface area contributed by atoms with Crippen LogP contribution in [-0.2, 0) is 20.7 Å². The molecule has 0 saturated carbocycles. The molecule has 2 aromatic rings. The van der Waals surface area contributed by atoms with E-state index in [0.29, 0.717) is 25.9 Å². The number of hydrogen-bond acceptors (Lipinski definition) is 7. The van der Waals surface area contributed by atoms with E-state index in [4.69, 9.17) is 22.9 Å². The molecule has 0 aliphatic rings. The lowest BCUT2D eigenvalue weighted by Crippen LogP contribution is -2.56. The number of nitrogens with one attached hydrogen (secondary N) is 1. The van der Waals surface area contributed by atoms with Crippen LogP contribution in [0.5, 0.6) is 0 Å². The highest BCUT2D eigenvalue weighted by Gasteiger charge is 2.41. The van der Waals surface area contributed by atoms with Crippen LogP contribution in [0.25, 0.3) is 0 Å². The summed E-state index contributed by atoms with van der Waals surface area (Å²) in [7, 11) is 0. The Kier molecular flexibility index (Phi) is 10.3. The van der Waals surface area contributed by atoms with E-state index >= 15 is 0 Å². The van der Waals surface area contributed by atoms with E-state index in [2.05, 4.69) is 5.32 Å². The van der Waals surface area contributed by atoms with Crippen molar-refractivity contribution >= 4 is 11.6 Å². The molecule has 2 aromatic carbocycles. The third-order valence-electron chi connectivity index (χ3n) is 6.89. The fourth-order valence-electron chi connectivity index (χ4n) is 4.19. The van der Waals surface area contributed by atoms with Gasteiger partial charge in [0, 0.05) is 0 Å². The molecular formula is C28H43N5O2. The third kappa shape index (κ3) is 6.84. The number of carbonyl (C=O) groups excluding carboxylic acids is 2. The molecule has 0 aromatic heterocycles. The van der Waals surface area contributed by atoms with Gasteiger partial charge in [0.05, 0.1) is 12.1 Å². The van der Waals surface area contributed by atoms with Gasteiger partial charge in [-0.1, -0.05) is 88.4 Å². The van der Waals surface area contributed by atoms with Gasteiger partial charge in [0.25, 0.3) is 0 Å². The topological polar surface area (TPSA) is 150 Å². The molecule has 7 heteroatoms. The van der Waals surface area contributed by atoms with E-state index in [9.17, 15) is 9.59 Å². The van der Waals surface area contributed by atoms with Crippen LogP contribution in [0, 0.1) is 11.8 Å². The maximum absolute atomic E-state index is 13.3. The summed E-state index contributed by atoms with van der Waals surface area (Å²) in [5.74, 6) is -0.420. The second-order valence-corrected chi connectivity index (χ2v) is 10.2. The largest absolute Gasteiger partial charge is 0.321 e. The molecule has 35 heavy (non-hydrogen) atoms. The second kappa shape index (κ2) is 12.5. The quantitative estimate of drug-likeness (QED) is 0.259. The Morgan fingerprint density at radius 1 is 0.686 bits per heavy atom. The Morgan fingerprint density at radius 3 is 1.29 bits per heavy atom. The molecule has 0 heterocycles. The zero-order chi connectivity index (χ0) is 26.2. The van der Waals surface area contributed by atoms with Crippen molar-refractivity contribution in [3.8, 4) is 0 Å². The van der Waals surface area contributed by atoms with Gasteiger partial charge in [-0.3, -0.25) is 9.59 Å². The molecule has 2 unspecified atom stereocenters. The zero-order valence-corrected chi connectivity index (χ0v) is 21.5. The highest BCUT2D eigenvalue weighted by Crippen LogP contribution is 2.27. The molecule has 0 amide bonds. The highest BCUT2D eigenvalue weighted by molar-refractivity contribution is 5.94. The van der Waals surface area contributed by atoms with Crippen LogP contribution < -0.4 is 28.3 Å². The van der Waals surface area contributed by atoms with E-state index in [1.54, 1.807) is 0 Å². The molecule has 0 aliphatic heterocycles. The summed E-state index contributed by atoms with van der Waals surface area (Å²) < 4.78 is 0. The lowest BCUT2D eigenvalue weighted by molar-refractivity contribution is -0.127. The Morgan fingerprint density at radius 2 is 1.00 bits per heavy atom. The monoisotopic (exact) mass is 481 g/mol. The van der Waals surface area contributed by atoms with E-state index in [0.717, 1.165) is 11.1 Å². The lowest BCUT2D eigenvalue weighted by Gasteiger charge is -2.34. The van der Waals surface area contributed by atoms with Gasteiger partial charge in [-0.05, 0) is 48.9 Å². The normalized spacial score (nSPS) is 17.0. The Hall–Kier alpha value is -2.42. The summed E-state index contributed by atoms with van der Waals surface area (Å²) in [6.07, 6.45) is 0.720. The third-order valence-corrected chi connectivity index (χ3v) is 6.89. The SMILES string of the molecule is CC(C)[C@H](N)C(=O)C(N)(CCNCCC(N)(C(=O)[C@@H](N)C(C)C)c1ccccc1)c1ccccc1. The number of ketones is 2. The predicted molar refractivity (Wildman–Crippen MR) is 142 cm³/mol. The molecular weight excluding hydrogens is 438 g/mol. The van der Waals surface area contributed by atoms with E-state index in [1.165, 1.54) is 0 Å². The average Bonchev–Trinajstić information content (AvgIpc) is 2.87. The van der Waals surface area contributed by atoms with Crippen molar-refractivity contribution in [3.63, 3.8) is 0 Å². The molecule has 0 saturated heterocycles. The fraction of sp³-hybridized carbons (Fsp3) is 0.500. The smallest absolute Gasteiger partial charge is 0.174 e. The first-order chi connectivity index (χ1) is 16.4. The highest BCUT2D eigenvalue weighted by atomic mass is 16.1. The van der Waals surface area contributed by atoms with Crippen LogP contribution in [0.1, 0.15) is 51.7 Å². The summed E-state index contributed by atoms with van der Waals surface area (Å²) >= 11 is 0. The van der Waals surface area contributed by atoms with E-state index < -0.39 is 23.2 Å². The summed E-state index contributed by atoms with van der Waals surface area (Å²) in [6, 6.07) is 17.3. The summed E-state index contributed by atoms with van der Waals surface area (Å²) in [5.41, 5.74) is 24.9. The predicted octanol–water partition coefficient (Wildman–Crippen LogP) is 2.17. The second-order valence-electron chi connectivity index (χ2n) is 10.2. The Balaban J connectivity index is 2.14. The molecule has 0 radical (unpaired) electrons. The van der Waals surface area contributed by atoms with Gasteiger partial charge in [0.1, 0.15) is 11.1 Å². The van der Waals surface area contributed by atoms with Crippen molar-refractivity contribution in [1.29, 1.82) is 0 Å². The maximum atomic E-state index is 13.3. The lowest BCUT2D eigenvalue weighted by atomic mass is 9.78. The van der Waals surface area contributed by atoms with Gasteiger partial charge in [-0.25, -0.2) is 0 Å². The van der Waals surface area contributed by atoms with Crippen molar-refractivity contribution in [1.82, 2.24) is 5.32 Å². The minimum Gasteiger partial charge on any atom is -0.321 e. The molecule has 192 valence electrons. The van der Waals surface area contributed by atoms with Crippen molar-refractivity contribution < 1.29 is 9.59 Å². The van der Waals surface area contributed by atoms with Gasteiger partial charge in [0.15, 0.2) is 11.6 Å². The number of rotatable bonds is 14. The van der Waals surface area contributed by atoms with Crippen LogP contribution in [0.15, 0.2) is 60.7 Å². The van der Waals surface area contributed by atoms with Crippen LogP contribution in [0.2, 0.25) is 0 Å². The first-order valence-electron chi connectivity index (χ1n) is 12.4. The summed E-state index contributed by atoms with van der Waals surface area (Å²) in [5, 5.41) is 3.34. The van der Waals surface area contributed by atoms with Crippen molar-refractivity contribution in [2.45, 2.75) is 63.7 Å². The van der Waals surface area contributed by atoms with Crippen LogP contribution >= 0.6 is 0 Å². The average molecular weight is 482 g/mol. The number of hydrogen-bond donors (Lipinski definition) is 5. The molecule has 0 fully saturated rings. The minimum absolute atomic E-state index is 0.0259.